The second kappa shape index (κ2) is 5.34. The molecule has 4 N–H and O–H groups in total. The highest BCUT2D eigenvalue weighted by atomic mass is 16.6. The number of hydrogen-bond donors (Lipinski definition) is 3. The van der Waals surface area contributed by atoms with Gasteiger partial charge in [0.25, 0.3) is 0 Å². The van der Waals surface area contributed by atoms with E-state index < -0.39 is 24.2 Å². The molecule has 0 heterocycles. The van der Waals surface area contributed by atoms with Crippen molar-refractivity contribution in [1.82, 2.24) is 4.90 Å². The van der Waals surface area contributed by atoms with Crippen LogP contribution in [0.4, 0.5) is 4.79 Å². The van der Waals surface area contributed by atoms with Crippen LogP contribution in [0.1, 0.15) is 20.8 Å². The summed E-state index contributed by atoms with van der Waals surface area (Å²) in [6.45, 7) is 4.18. The molecule has 0 unspecified atom stereocenters. The summed E-state index contributed by atoms with van der Waals surface area (Å²) in [7, 11) is 0. The summed E-state index contributed by atoms with van der Waals surface area (Å²) in [5.41, 5.74) is 4.39. The van der Waals surface area contributed by atoms with Crippen LogP contribution in [-0.4, -0.2) is 46.6 Å². The van der Waals surface area contributed by atoms with Crippen LogP contribution in [0.15, 0.2) is 0 Å². The molecule has 92 valence electrons. The number of nitrogens with one attached hydrogen (secondary N) is 1. The fraction of sp³-hybridized carbons (Fsp3) is 0.667. The van der Waals surface area contributed by atoms with Crippen LogP contribution in [-0.2, 0) is 9.53 Å². The first kappa shape index (κ1) is 14.2. The predicted molar refractivity (Wildman–Crippen MR) is 57.4 cm³/mol. The van der Waals surface area contributed by atoms with Crippen LogP contribution in [0, 0.1) is 5.41 Å². The van der Waals surface area contributed by atoms with Crippen LogP contribution >= 0.6 is 0 Å². The fourth-order valence-corrected chi connectivity index (χ4v) is 0.880. The quantitative estimate of drug-likeness (QED) is 0.473. The van der Waals surface area contributed by atoms with Crippen molar-refractivity contribution < 1.29 is 19.4 Å². The van der Waals surface area contributed by atoms with Crippen LogP contribution in [0.5, 0.6) is 0 Å². The van der Waals surface area contributed by atoms with E-state index in [0.29, 0.717) is 0 Å². The molecule has 0 aromatic carbocycles. The van der Waals surface area contributed by atoms with Crippen molar-refractivity contribution in [3.05, 3.63) is 0 Å². The van der Waals surface area contributed by atoms with Crippen LogP contribution in [0.25, 0.3) is 0 Å². The molecular formula is C9H17N3O4. The summed E-state index contributed by atoms with van der Waals surface area (Å²) in [6, 6.07) is 0. The normalized spacial score (nSPS) is 10.7. The maximum absolute atomic E-state index is 11.5. The van der Waals surface area contributed by atoms with Crippen LogP contribution in [0.2, 0.25) is 0 Å². The Morgan fingerprint density at radius 3 is 2.19 bits per heavy atom. The lowest BCUT2D eigenvalue weighted by Crippen LogP contribution is -2.43. The molecule has 0 aliphatic heterocycles. The molecular weight excluding hydrogens is 214 g/mol. The minimum absolute atomic E-state index is 0.263. The number of ether oxygens (including phenoxy) is 1. The van der Waals surface area contributed by atoms with Crippen molar-refractivity contribution in [2.75, 3.05) is 13.1 Å². The third kappa shape index (κ3) is 6.63. The topological polar surface area (TPSA) is 117 Å². The number of aliphatic carboxylic acids is 1. The lowest BCUT2D eigenvalue weighted by Gasteiger charge is -2.25. The van der Waals surface area contributed by atoms with Gasteiger partial charge in [-0.15, -0.1) is 0 Å². The average molecular weight is 231 g/mol. The van der Waals surface area contributed by atoms with E-state index >= 15 is 0 Å². The Morgan fingerprint density at radius 2 is 1.88 bits per heavy atom. The van der Waals surface area contributed by atoms with Crippen molar-refractivity contribution in [2.45, 2.75) is 26.4 Å². The Hall–Kier alpha value is -1.79. The standard InChI is InChI=1S/C9H17N3O4/c1-9(2,3)16-8(15)12(4-6(10)11)5-7(13)14/h4-5H2,1-3H3,(H3,10,11)(H,13,14). The van der Waals surface area contributed by atoms with E-state index in [1.54, 1.807) is 20.8 Å². The van der Waals surface area contributed by atoms with Crippen LogP contribution in [0.3, 0.4) is 0 Å². The van der Waals surface area contributed by atoms with Crippen molar-refractivity contribution in [2.24, 2.45) is 5.73 Å². The van der Waals surface area contributed by atoms with E-state index in [0.717, 1.165) is 4.90 Å². The van der Waals surface area contributed by atoms with Gasteiger partial charge in [-0.2, -0.15) is 0 Å². The van der Waals surface area contributed by atoms with Gasteiger partial charge >= 0.3 is 12.1 Å². The van der Waals surface area contributed by atoms with E-state index in [1.165, 1.54) is 0 Å². The van der Waals surface area contributed by atoms with E-state index in [1.807, 2.05) is 0 Å². The van der Waals surface area contributed by atoms with Gasteiger partial charge in [0.1, 0.15) is 18.0 Å². The Kier molecular flexibility index (Phi) is 4.74. The second-order valence-corrected chi connectivity index (χ2v) is 4.26. The zero-order valence-electron chi connectivity index (χ0n) is 9.61. The number of hydrogen-bond acceptors (Lipinski definition) is 4. The Bertz CT molecular complexity index is 280. The number of rotatable bonds is 4. The van der Waals surface area contributed by atoms with Crippen molar-refractivity contribution in [1.29, 1.82) is 5.41 Å². The summed E-state index contributed by atoms with van der Waals surface area (Å²) < 4.78 is 4.97. The minimum atomic E-state index is -1.19. The molecule has 0 radical (unpaired) electrons. The maximum Gasteiger partial charge on any atom is 0.411 e. The van der Waals surface area contributed by atoms with E-state index in [-0.39, 0.29) is 12.4 Å². The number of amidine groups is 1. The van der Waals surface area contributed by atoms with E-state index in [2.05, 4.69) is 0 Å². The molecule has 0 fully saturated rings. The highest BCUT2D eigenvalue weighted by Crippen LogP contribution is 2.09. The van der Waals surface area contributed by atoms with Gasteiger partial charge in [-0.3, -0.25) is 15.1 Å². The molecule has 0 bridgehead atoms. The third-order valence-corrected chi connectivity index (χ3v) is 1.34. The first-order valence-electron chi connectivity index (χ1n) is 4.64. The molecule has 1 amide bonds. The highest BCUT2D eigenvalue weighted by Gasteiger charge is 2.24. The SMILES string of the molecule is CC(C)(C)OC(=O)N(CC(=N)N)CC(=O)O. The molecule has 0 saturated carbocycles. The molecule has 7 heteroatoms. The van der Waals surface area contributed by atoms with Crippen molar-refractivity contribution in [3.63, 3.8) is 0 Å². The highest BCUT2D eigenvalue weighted by molar-refractivity contribution is 5.85. The second-order valence-electron chi connectivity index (χ2n) is 4.26. The summed E-state index contributed by atoms with van der Waals surface area (Å²) >= 11 is 0. The molecule has 0 saturated heterocycles. The molecule has 0 aliphatic carbocycles. The maximum atomic E-state index is 11.5. The molecule has 0 atom stereocenters. The van der Waals surface area contributed by atoms with Crippen LogP contribution < -0.4 is 5.73 Å². The summed E-state index contributed by atoms with van der Waals surface area (Å²) in [5.74, 6) is -1.49. The number of nitrogens with two attached hydrogens (primary N) is 1. The lowest BCUT2D eigenvalue weighted by molar-refractivity contribution is -0.138. The molecule has 0 aliphatic rings. The molecule has 0 rings (SSSR count). The lowest BCUT2D eigenvalue weighted by atomic mass is 10.2. The van der Waals surface area contributed by atoms with Gasteiger partial charge in [0.15, 0.2) is 0 Å². The minimum Gasteiger partial charge on any atom is -0.480 e. The fourth-order valence-electron chi connectivity index (χ4n) is 0.880. The number of carboxylic acid groups (broad SMARTS) is 1. The van der Waals surface area contributed by atoms with Gasteiger partial charge in [-0.25, -0.2) is 4.79 Å². The zero-order chi connectivity index (χ0) is 12.9. The number of carbonyl (C=O) groups excluding carboxylic acids is 1. The van der Waals surface area contributed by atoms with Crippen molar-refractivity contribution >= 4 is 17.9 Å². The summed E-state index contributed by atoms with van der Waals surface area (Å²) in [5, 5.41) is 15.6. The number of carbonyl (C=O) groups is 2. The molecule has 0 aromatic heterocycles. The van der Waals surface area contributed by atoms with E-state index in [9.17, 15) is 9.59 Å². The number of carboxylic acids is 1. The first-order chi connectivity index (χ1) is 7.11. The summed E-state index contributed by atoms with van der Waals surface area (Å²) in [6.07, 6.45) is -0.801. The third-order valence-electron chi connectivity index (χ3n) is 1.34. The predicted octanol–water partition coefficient (Wildman–Crippen LogP) is 0.244. The monoisotopic (exact) mass is 231 g/mol. The Balaban J connectivity index is 4.56. The van der Waals surface area contributed by atoms with Gasteiger partial charge in [0.05, 0.1) is 6.54 Å². The molecule has 7 nitrogen and oxygen atoms in total. The average Bonchev–Trinajstić information content (AvgIpc) is 1.97. The Morgan fingerprint density at radius 1 is 1.38 bits per heavy atom. The number of amides is 1. The number of nitrogens with zero attached hydrogens (tertiary/aromatic N) is 1. The first-order valence-corrected chi connectivity index (χ1v) is 4.64. The zero-order valence-corrected chi connectivity index (χ0v) is 9.61. The Labute approximate surface area is 93.7 Å². The van der Waals surface area contributed by atoms with Gasteiger partial charge < -0.3 is 15.6 Å². The summed E-state index contributed by atoms with van der Waals surface area (Å²) in [4.78, 5) is 22.9. The van der Waals surface area contributed by atoms with E-state index in [4.69, 9.17) is 21.0 Å². The van der Waals surface area contributed by atoms with Gasteiger partial charge in [0.2, 0.25) is 0 Å². The molecule has 0 aromatic rings. The molecule has 16 heavy (non-hydrogen) atoms. The largest absolute Gasteiger partial charge is 0.480 e. The van der Waals surface area contributed by atoms with Gasteiger partial charge in [-0.05, 0) is 20.8 Å². The molecule has 0 spiro atoms. The van der Waals surface area contributed by atoms with Gasteiger partial charge in [0, 0.05) is 0 Å². The smallest absolute Gasteiger partial charge is 0.411 e. The van der Waals surface area contributed by atoms with Gasteiger partial charge in [-0.1, -0.05) is 0 Å². The van der Waals surface area contributed by atoms with Crippen molar-refractivity contribution in [3.8, 4) is 0 Å².